The molecule has 0 saturated heterocycles. The van der Waals surface area contributed by atoms with Crippen LogP contribution in [0, 0.1) is 6.92 Å². The van der Waals surface area contributed by atoms with Gasteiger partial charge >= 0.3 is 0 Å². The van der Waals surface area contributed by atoms with Crippen LogP contribution < -0.4 is 4.74 Å². The van der Waals surface area contributed by atoms with E-state index in [0.717, 1.165) is 27.6 Å². The molecule has 0 bridgehead atoms. The van der Waals surface area contributed by atoms with Crippen molar-refractivity contribution in [3.05, 3.63) is 77.4 Å². The summed E-state index contributed by atoms with van der Waals surface area (Å²) in [6.45, 7) is 4.33. The number of hydrogen-bond donors (Lipinski definition) is 1. The number of ether oxygens (including phenoxy) is 1. The summed E-state index contributed by atoms with van der Waals surface area (Å²) in [6, 6.07) is 20.4. The third-order valence-corrected chi connectivity index (χ3v) is 3.86. The fourth-order valence-electron chi connectivity index (χ4n) is 2.59. The molecule has 0 saturated carbocycles. The minimum Gasteiger partial charge on any atom is -0.488 e. The lowest BCUT2D eigenvalue weighted by molar-refractivity contribution is 0.191. The standard InChI is InChI=1S/C20H20O2/c1-14-7-9-16(10-8-14)13-22-20-18(15(2)21)12-11-17-5-3-4-6-19(17)20/h3-12,15,21H,13H2,1-2H3. The summed E-state index contributed by atoms with van der Waals surface area (Å²) in [5.74, 6) is 0.772. The number of hydrogen-bond acceptors (Lipinski definition) is 2. The molecule has 0 spiro atoms. The zero-order chi connectivity index (χ0) is 15.5. The lowest BCUT2D eigenvalue weighted by Crippen LogP contribution is -2.02. The fourth-order valence-corrected chi connectivity index (χ4v) is 2.59. The number of aryl methyl sites for hydroxylation is 1. The molecule has 0 aliphatic rings. The van der Waals surface area contributed by atoms with Crippen LogP contribution in [0.1, 0.15) is 29.7 Å². The zero-order valence-corrected chi connectivity index (χ0v) is 12.9. The van der Waals surface area contributed by atoms with E-state index in [9.17, 15) is 5.11 Å². The predicted octanol–water partition coefficient (Wildman–Crippen LogP) is 4.78. The molecule has 2 nitrogen and oxygen atoms in total. The second-order valence-corrected chi connectivity index (χ2v) is 5.66. The smallest absolute Gasteiger partial charge is 0.133 e. The molecule has 0 aliphatic carbocycles. The van der Waals surface area contributed by atoms with Gasteiger partial charge in [0.25, 0.3) is 0 Å². The van der Waals surface area contributed by atoms with Crippen LogP contribution >= 0.6 is 0 Å². The van der Waals surface area contributed by atoms with E-state index in [4.69, 9.17) is 4.74 Å². The number of aliphatic hydroxyl groups is 1. The molecule has 1 atom stereocenters. The summed E-state index contributed by atoms with van der Waals surface area (Å²) in [5, 5.41) is 12.2. The second-order valence-electron chi connectivity index (χ2n) is 5.66. The number of fused-ring (bicyclic) bond motifs is 1. The van der Waals surface area contributed by atoms with E-state index in [-0.39, 0.29) is 0 Å². The molecule has 0 radical (unpaired) electrons. The number of benzene rings is 3. The predicted molar refractivity (Wildman–Crippen MR) is 90.1 cm³/mol. The van der Waals surface area contributed by atoms with Gasteiger partial charge in [-0.1, -0.05) is 66.2 Å². The highest BCUT2D eigenvalue weighted by atomic mass is 16.5. The Morgan fingerprint density at radius 2 is 1.68 bits per heavy atom. The molecule has 3 rings (SSSR count). The van der Waals surface area contributed by atoms with Crippen LogP contribution in [-0.4, -0.2) is 5.11 Å². The van der Waals surface area contributed by atoms with Crippen molar-refractivity contribution >= 4 is 10.8 Å². The normalized spacial score (nSPS) is 12.3. The van der Waals surface area contributed by atoms with Crippen LogP contribution in [0.15, 0.2) is 60.7 Å². The van der Waals surface area contributed by atoms with E-state index >= 15 is 0 Å². The van der Waals surface area contributed by atoms with Gasteiger partial charge in [0.05, 0.1) is 6.10 Å². The van der Waals surface area contributed by atoms with E-state index in [2.05, 4.69) is 37.3 Å². The maximum absolute atomic E-state index is 10.0. The molecule has 3 aromatic rings. The minimum atomic E-state index is -0.558. The average Bonchev–Trinajstić information content (AvgIpc) is 2.53. The zero-order valence-electron chi connectivity index (χ0n) is 12.9. The summed E-state index contributed by atoms with van der Waals surface area (Å²) in [7, 11) is 0. The van der Waals surface area contributed by atoms with Gasteiger partial charge in [0, 0.05) is 10.9 Å². The minimum absolute atomic E-state index is 0.494. The van der Waals surface area contributed by atoms with Gasteiger partial charge in [0.2, 0.25) is 0 Å². The Kier molecular flexibility index (Phi) is 4.12. The summed E-state index contributed by atoms with van der Waals surface area (Å²) in [4.78, 5) is 0. The second kappa shape index (κ2) is 6.20. The van der Waals surface area contributed by atoms with Crippen molar-refractivity contribution in [1.29, 1.82) is 0 Å². The maximum Gasteiger partial charge on any atom is 0.133 e. The number of rotatable bonds is 4. The van der Waals surface area contributed by atoms with Crippen LogP contribution in [0.2, 0.25) is 0 Å². The largest absolute Gasteiger partial charge is 0.488 e. The lowest BCUT2D eigenvalue weighted by atomic mass is 10.0. The van der Waals surface area contributed by atoms with E-state index in [1.807, 2.05) is 30.3 Å². The average molecular weight is 292 g/mol. The van der Waals surface area contributed by atoms with Crippen molar-refractivity contribution < 1.29 is 9.84 Å². The van der Waals surface area contributed by atoms with Crippen molar-refractivity contribution in [1.82, 2.24) is 0 Å². The molecule has 0 amide bonds. The van der Waals surface area contributed by atoms with Crippen LogP contribution in [-0.2, 0) is 6.61 Å². The van der Waals surface area contributed by atoms with E-state index < -0.39 is 6.10 Å². The summed E-state index contributed by atoms with van der Waals surface area (Å²) >= 11 is 0. The highest BCUT2D eigenvalue weighted by Gasteiger charge is 2.13. The quantitative estimate of drug-likeness (QED) is 0.750. The van der Waals surface area contributed by atoms with Gasteiger partial charge in [-0.25, -0.2) is 0 Å². The fraction of sp³-hybridized carbons (Fsp3) is 0.200. The van der Waals surface area contributed by atoms with Gasteiger partial charge in [0.1, 0.15) is 12.4 Å². The van der Waals surface area contributed by atoms with Crippen LogP contribution in [0.4, 0.5) is 0 Å². The first kappa shape index (κ1) is 14.6. The third-order valence-electron chi connectivity index (χ3n) is 3.86. The Bertz CT molecular complexity index is 773. The van der Waals surface area contributed by atoms with Gasteiger partial charge in [-0.15, -0.1) is 0 Å². The Morgan fingerprint density at radius 1 is 0.955 bits per heavy atom. The molecule has 22 heavy (non-hydrogen) atoms. The topological polar surface area (TPSA) is 29.5 Å². The third kappa shape index (κ3) is 2.97. The summed E-state index contributed by atoms with van der Waals surface area (Å²) in [6.07, 6.45) is -0.558. The molecule has 1 unspecified atom stereocenters. The lowest BCUT2D eigenvalue weighted by Gasteiger charge is -2.16. The molecule has 0 fully saturated rings. The Labute approximate surface area is 131 Å². The number of aliphatic hydroxyl groups excluding tert-OH is 1. The van der Waals surface area contributed by atoms with E-state index in [1.54, 1.807) is 6.92 Å². The van der Waals surface area contributed by atoms with Crippen molar-refractivity contribution in [2.75, 3.05) is 0 Å². The molecular weight excluding hydrogens is 272 g/mol. The van der Waals surface area contributed by atoms with Crippen LogP contribution in [0.5, 0.6) is 5.75 Å². The summed E-state index contributed by atoms with van der Waals surface area (Å²) < 4.78 is 6.08. The molecule has 1 N–H and O–H groups in total. The van der Waals surface area contributed by atoms with Crippen molar-refractivity contribution in [3.63, 3.8) is 0 Å². The monoisotopic (exact) mass is 292 g/mol. The first-order valence-electron chi connectivity index (χ1n) is 7.53. The molecular formula is C20H20O2. The maximum atomic E-state index is 10.0. The van der Waals surface area contributed by atoms with Gasteiger partial charge in [-0.2, -0.15) is 0 Å². The van der Waals surface area contributed by atoms with Crippen molar-refractivity contribution in [2.24, 2.45) is 0 Å². The Hall–Kier alpha value is -2.32. The first-order valence-corrected chi connectivity index (χ1v) is 7.53. The molecule has 2 heteroatoms. The highest BCUT2D eigenvalue weighted by Crippen LogP contribution is 2.34. The van der Waals surface area contributed by atoms with E-state index in [0.29, 0.717) is 6.61 Å². The van der Waals surface area contributed by atoms with Gasteiger partial charge < -0.3 is 9.84 Å². The molecule has 112 valence electrons. The Morgan fingerprint density at radius 3 is 2.41 bits per heavy atom. The molecule has 0 heterocycles. The molecule has 0 aliphatic heterocycles. The highest BCUT2D eigenvalue weighted by molar-refractivity contribution is 5.89. The molecule has 3 aromatic carbocycles. The van der Waals surface area contributed by atoms with Gasteiger partial charge in [0.15, 0.2) is 0 Å². The van der Waals surface area contributed by atoms with Crippen molar-refractivity contribution in [2.45, 2.75) is 26.6 Å². The van der Waals surface area contributed by atoms with Crippen molar-refractivity contribution in [3.8, 4) is 5.75 Å². The van der Waals surface area contributed by atoms with Crippen LogP contribution in [0.3, 0.4) is 0 Å². The SMILES string of the molecule is Cc1ccc(COc2c(C(C)O)ccc3ccccc23)cc1. The van der Waals surface area contributed by atoms with Gasteiger partial charge in [-0.05, 0) is 24.8 Å². The Balaban J connectivity index is 1.97. The summed E-state index contributed by atoms with van der Waals surface area (Å²) in [5.41, 5.74) is 3.18. The first-order chi connectivity index (χ1) is 10.6. The van der Waals surface area contributed by atoms with E-state index in [1.165, 1.54) is 5.56 Å². The van der Waals surface area contributed by atoms with Crippen LogP contribution in [0.25, 0.3) is 10.8 Å². The van der Waals surface area contributed by atoms with Gasteiger partial charge in [-0.3, -0.25) is 0 Å². The molecule has 0 aromatic heterocycles.